The van der Waals surface area contributed by atoms with Crippen molar-refractivity contribution in [1.29, 1.82) is 0 Å². The number of hydrogen-bond acceptors (Lipinski definition) is 3. The van der Waals surface area contributed by atoms with Crippen molar-refractivity contribution in [2.24, 2.45) is 5.92 Å². The highest BCUT2D eigenvalue weighted by molar-refractivity contribution is 5.75. The highest BCUT2D eigenvalue weighted by atomic mass is 19.3. The number of rotatable bonds is 7. The van der Waals surface area contributed by atoms with E-state index < -0.39 is 6.61 Å². The molecule has 0 radical (unpaired) electrons. The minimum atomic E-state index is -2.86. The van der Waals surface area contributed by atoms with Gasteiger partial charge in [-0.3, -0.25) is 4.79 Å². The van der Waals surface area contributed by atoms with Gasteiger partial charge in [0.2, 0.25) is 5.91 Å². The molecule has 1 aliphatic rings. The lowest BCUT2D eigenvalue weighted by Gasteiger charge is -2.12. The van der Waals surface area contributed by atoms with Crippen molar-refractivity contribution >= 4 is 5.91 Å². The molecule has 21 heavy (non-hydrogen) atoms. The molecule has 0 spiro atoms. The molecule has 1 aromatic carbocycles. The Morgan fingerprint density at radius 1 is 1.43 bits per heavy atom. The number of alkyl halides is 2. The first-order valence-electron chi connectivity index (χ1n) is 7.15. The normalized spacial score (nSPS) is 18.0. The summed E-state index contributed by atoms with van der Waals surface area (Å²) in [5.74, 6) is 0.603. The summed E-state index contributed by atoms with van der Waals surface area (Å²) in [6, 6.07) is 6.48. The van der Waals surface area contributed by atoms with E-state index in [0.717, 1.165) is 25.9 Å². The largest absolute Gasteiger partial charge is 0.434 e. The predicted octanol–water partition coefficient (Wildman–Crippen LogP) is 2.29. The van der Waals surface area contributed by atoms with E-state index in [0.29, 0.717) is 17.9 Å². The van der Waals surface area contributed by atoms with E-state index >= 15 is 0 Å². The Labute approximate surface area is 122 Å². The van der Waals surface area contributed by atoms with Crippen molar-refractivity contribution in [3.05, 3.63) is 29.8 Å². The molecule has 1 aliphatic heterocycles. The summed E-state index contributed by atoms with van der Waals surface area (Å²) in [4.78, 5) is 11.8. The number of carbonyl (C=O) groups excluding carboxylic acids is 1. The molecule has 0 aliphatic carbocycles. The van der Waals surface area contributed by atoms with Gasteiger partial charge in [-0.1, -0.05) is 18.2 Å². The van der Waals surface area contributed by atoms with Gasteiger partial charge in [-0.15, -0.1) is 0 Å². The van der Waals surface area contributed by atoms with Crippen molar-refractivity contribution < 1.29 is 18.3 Å². The SMILES string of the molecule is O=C(CCC1CCNC1)NCc1ccccc1OC(F)F. The van der Waals surface area contributed by atoms with Crippen LogP contribution in [0.15, 0.2) is 24.3 Å². The van der Waals surface area contributed by atoms with Gasteiger partial charge in [0.1, 0.15) is 5.75 Å². The van der Waals surface area contributed by atoms with Crippen LogP contribution in [-0.2, 0) is 11.3 Å². The fourth-order valence-corrected chi connectivity index (χ4v) is 2.44. The van der Waals surface area contributed by atoms with Gasteiger partial charge in [0.25, 0.3) is 0 Å². The maximum Gasteiger partial charge on any atom is 0.387 e. The van der Waals surface area contributed by atoms with E-state index in [1.54, 1.807) is 18.2 Å². The summed E-state index contributed by atoms with van der Waals surface area (Å²) in [5, 5.41) is 6.01. The topological polar surface area (TPSA) is 50.4 Å². The quantitative estimate of drug-likeness (QED) is 0.812. The number of ether oxygens (including phenoxy) is 1. The van der Waals surface area contributed by atoms with Crippen molar-refractivity contribution in [1.82, 2.24) is 10.6 Å². The fourth-order valence-electron chi connectivity index (χ4n) is 2.44. The molecule has 0 aromatic heterocycles. The van der Waals surface area contributed by atoms with Gasteiger partial charge < -0.3 is 15.4 Å². The van der Waals surface area contributed by atoms with Crippen molar-refractivity contribution in [3.63, 3.8) is 0 Å². The summed E-state index contributed by atoms with van der Waals surface area (Å²) >= 11 is 0. The Balaban J connectivity index is 1.77. The summed E-state index contributed by atoms with van der Waals surface area (Å²) in [6.45, 7) is -0.676. The van der Waals surface area contributed by atoms with Crippen LogP contribution in [0.2, 0.25) is 0 Å². The van der Waals surface area contributed by atoms with E-state index in [-0.39, 0.29) is 18.2 Å². The molecule has 2 N–H and O–H groups in total. The van der Waals surface area contributed by atoms with Crippen LogP contribution in [0.25, 0.3) is 0 Å². The number of amides is 1. The zero-order valence-electron chi connectivity index (χ0n) is 11.8. The molecular formula is C15H20F2N2O2. The molecule has 4 nitrogen and oxygen atoms in total. The Morgan fingerprint density at radius 3 is 2.95 bits per heavy atom. The van der Waals surface area contributed by atoms with Crippen LogP contribution in [0.1, 0.15) is 24.8 Å². The second-order valence-electron chi connectivity index (χ2n) is 5.16. The average molecular weight is 298 g/mol. The Bertz CT molecular complexity index is 463. The molecule has 0 saturated carbocycles. The molecule has 1 atom stereocenters. The Kier molecular flexibility index (Phi) is 5.92. The van der Waals surface area contributed by atoms with Gasteiger partial charge in [0.05, 0.1) is 0 Å². The molecule has 6 heteroatoms. The lowest BCUT2D eigenvalue weighted by Crippen LogP contribution is -2.24. The number of para-hydroxylation sites is 1. The molecule has 1 amide bonds. The third kappa shape index (κ3) is 5.30. The second-order valence-corrected chi connectivity index (χ2v) is 5.16. The summed E-state index contributed by atoms with van der Waals surface area (Å²) in [6.07, 6.45) is 2.43. The molecule has 0 bridgehead atoms. The number of nitrogens with one attached hydrogen (secondary N) is 2. The van der Waals surface area contributed by atoms with Crippen LogP contribution in [0.4, 0.5) is 8.78 Å². The molecular weight excluding hydrogens is 278 g/mol. The second kappa shape index (κ2) is 7.93. The predicted molar refractivity (Wildman–Crippen MR) is 75.1 cm³/mol. The zero-order valence-corrected chi connectivity index (χ0v) is 11.8. The number of carbonyl (C=O) groups is 1. The minimum absolute atomic E-state index is 0.0613. The van der Waals surface area contributed by atoms with Gasteiger partial charge >= 0.3 is 6.61 Å². The Hall–Kier alpha value is -1.69. The monoisotopic (exact) mass is 298 g/mol. The van der Waals surface area contributed by atoms with Gasteiger partial charge in [-0.2, -0.15) is 8.78 Å². The third-order valence-electron chi connectivity index (χ3n) is 3.61. The summed E-state index contributed by atoms with van der Waals surface area (Å²) in [7, 11) is 0. The minimum Gasteiger partial charge on any atom is -0.434 e. The van der Waals surface area contributed by atoms with Crippen LogP contribution in [0.5, 0.6) is 5.75 Å². The Morgan fingerprint density at radius 2 is 2.24 bits per heavy atom. The zero-order chi connectivity index (χ0) is 15.1. The van der Waals surface area contributed by atoms with Crippen LogP contribution < -0.4 is 15.4 Å². The average Bonchev–Trinajstić information content (AvgIpc) is 2.97. The smallest absolute Gasteiger partial charge is 0.387 e. The maximum atomic E-state index is 12.3. The van der Waals surface area contributed by atoms with Gasteiger partial charge in [-0.25, -0.2) is 0 Å². The first kappa shape index (κ1) is 15.7. The fraction of sp³-hybridized carbons (Fsp3) is 0.533. The van der Waals surface area contributed by atoms with Crippen molar-refractivity contribution in [2.75, 3.05) is 13.1 Å². The van der Waals surface area contributed by atoms with Crippen molar-refractivity contribution in [3.8, 4) is 5.75 Å². The third-order valence-corrected chi connectivity index (χ3v) is 3.61. The van der Waals surface area contributed by atoms with Gasteiger partial charge in [-0.05, 0) is 37.9 Å². The van der Waals surface area contributed by atoms with E-state index in [1.165, 1.54) is 6.07 Å². The van der Waals surface area contributed by atoms with E-state index in [2.05, 4.69) is 15.4 Å². The van der Waals surface area contributed by atoms with E-state index in [1.807, 2.05) is 0 Å². The van der Waals surface area contributed by atoms with Crippen LogP contribution >= 0.6 is 0 Å². The highest BCUT2D eigenvalue weighted by Crippen LogP contribution is 2.20. The lowest BCUT2D eigenvalue weighted by atomic mass is 10.0. The van der Waals surface area contributed by atoms with E-state index in [4.69, 9.17) is 0 Å². The maximum absolute atomic E-state index is 12.3. The van der Waals surface area contributed by atoms with Gasteiger partial charge in [0.15, 0.2) is 0 Å². The molecule has 1 aromatic rings. The molecule has 1 unspecified atom stereocenters. The van der Waals surface area contributed by atoms with Crippen LogP contribution in [-0.4, -0.2) is 25.6 Å². The lowest BCUT2D eigenvalue weighted by molar-refractivity contribution is -0.121. The van der Waals surface area contributed by atoms with E-state index in [9.17, 15) is 13.6 Å². The van der Waals surface area contributed by atoms with Crippen molar-refractivity contribution in [2.45, 2.75) is 32.4 Å². The molecule has 1 fully saturated rings. The first-order chi connectivity index (χ1) is 10.1. The molecule has 1 heterocycles. The molecule has 2 rings (SSSR count). The first-order valence-corrected chi connectivity index (χ1v) is 7.15. The van der Waals surface area contributed by atoms with Crippen LogP contribution in [0.3, 0.4) is 0 Å². The standard InChI is InChI=1S/C15H20F2N2O2/c16-15(17)21-13-4-2-1-3-12(13)10-19-14(20)6-5-11-7-8-18-9-11/h1-4,11,15,18H,5-10H2,(H,19,20). The number of halogens is 2. The summed E-state index contributed by atoms with van der Waals surface area (Å²) in [5.41, 5.74) is 0.550. The number of hydrogen-bond donors (Lipinski definition) is 2. The van der Waals surface area contributed by atoms with Gasteiger partial charge in [0, 0.05) is 18.5 Å². The molecule has 1 saturated heterocycles. The highest BCUT2D eigenvalue weighted by Gasteiger charge is 2.16. The summed E-state index contributed by atoms with van der Waals surface area (Å²) < 4.78 is 29.0. The van der Waals surface area contributed by atoms with Crippen LogP contribution in [0, 0.1) is 5.92 Å². The number of benzene rings is 1. The molecule has 116 valence electrons.